The van der Waals surface area contributed by atoms with Gasteiger partial charge in [0.2, 0.25) is 0 Å². The number of ether oxygens (including phenoxy) is 1. The van der Waals surface area contributed by atoms with E-state index in [-0.39, 0.29) is 19.0 Å². The second kappa shape index (κ2) is 2.64. The summed E-state index contributed by atoms with van der Waals surface area (Å²) in [5.41, 5.74) is 0.595. The van der Waals surface area contributed by atoms with Crippen molar-refractivity contribution in [3.8, 4) is 0 Å². The number of hydrogen-bond donors (Lipinski definition) is 1. The fourth-order valence-electron chi connectivity index (χ4n) is 0.695. The molecule has 0 aromatic heterocycles. The van der Waals surface area contributed by atoms with E-state index < -0.39 is 0 Å². The van der Waals surface area contributed by atoms with E-state index in [4.69, 9.17) is 9.84 Å². The van der Waals surface area contributed by atoms with E-state index in [1.807, 2.05) is 0 Å². The summed E-state index contributed by atoms with van der Waals surface area (Å²) in [5.74, 6) is -0.0101. The highest BCUT2D eigenvalue weighted by Crippen LogP contribution is 2.08. The molecule has 0 amide bonds. The maximum atomic E-state index is 10.7. The molecule has 0 spiro atoms. The number of rotatable bonds is 2. The maximum absolute atomic E-state index is 10.7. The first-order valence-electron chi connectivity index (χ1n) is 2.79. The fourth-order valence-corrected chi connectivity index (χ4v) is 0.695. The van der Waals surface area contributed by atoms with Crippen LogP contribution in [-0.2, 0) is 9.53 Å². The number of carbonyl (C=O) groups is 1. The van der Waals surface area contributed by atoms with Crippen LogP contribution in [0.5, 0.6) is 0 Å². The Balaban J connectivity index is 2.47. The average Bonchev–Trinajstić information content (AvgIpc) is 2.18. The molecule has 0 fully saturated rings. The smallest absolute Gasteiger partial charge is 0.199 e. The standard InChI is InChI=1S/C6H8O3/c7-2-1-5-3-9-4-6(5)8/h3,7H,1-2,4H2. The van der Waals surface area contributed by atoms with Gasteiger partial charge in [0.25, 0.3) is 0 Å². The zero-order valence-electron chi connectivity index (χ0n) is 4.96. The van der Waals surface area contributed by atoms with Crippen LogP contribution < -0.4 is 0 Å². The van der Waals surface area contributed by atoms with Gasteiger partial charge in [0.1, 0.15) is 6.61 Å². The van der Waals surface area contributed by atoms with E-state index in [0.29, 0.717) is 12.0 Å². The van der Waals surface area contributed by atoms with Crippen molar-refractivity contribution in [3.05, 3.63) is 11.8 Å². The van der Waals surface area contributed by atoms with Crippen LogP contribution in [-0.4, -0.2) is 24.1 Å². The molecule has 3 heteroatoms. The maximum Gasteiger partial charge on any atom is 0.199 e. The van der Waals surface area contributed by atoms with Crippen molar-refractivity contribution in [1.82, 2.24) is 0 Å². The van der Waals surface area contributed by atoms with Crippen LogP contribution >= 0.6 is 0 Å². The number of hydrogen-bond acceptors (Lipinski definition) is 3. The molecule has 1 rings (SSSR count). The number of carbonyl (C=O) groups excluding carboxylic acids is 1. The number of Topliss-reactive ketones (excluding diaryl/α,β-unsaturated/α-hetero) is 1. The number of ketones is 1. The van der Waals surface area contributed by atoms with Gasteiger partial charge in [-0.3, -0.25) is 4.79 Å². The zero-order chi connectivity index (χ0) is 6.69. The second-order valence-electron chi connectivity index (χ2n) is 1.85. The molecule has 0 aliphatic carbocycles. The highest BCUT2D eigenvalue weighted by atomic mass is 16.5. The molecule has 0 aromatic carbocycles. The molecule has 0 unspecified atom stereocenters. The molecule has 50 valence electrons. The summed E-state index contributed by atoms with van der Waals surface area (Å²) in [6, 6.07) is 0. The molecule has 1 aliphatic heterocycles. The Labute approximate surface area is 52.9 Å². The molecule has 1 heterocycles. The van der Waals surface area contributed by atoms with Crippen molar-refractivity contribution in [3.63, 3.8) is 0 Å². The lowest BCUT2D eigenvalue weighted by atomic mass is 10.1. The van der Waals surface area contributed by atoms with Crippen molar-refractivity contribution in [2.75, 3.05) is 13.2 Å². The minimum Gasteiger partial charge on any atom is -0.493 e. The van der Waals surface area contributed by atoms with Crippen molar-refractivity contribution < 1.29 is 14.6 Å². The SMILES string of the molecule is O=C1COC=C1CCO. The lowest BCUT2D eigenvalue weighted by Gasteiger charge is -1.89. The lowest BCUT2D eigenvalue weighted by molar-refractivity contribution is -0.116. The van der Waals surface area contributed by atoms with Crippen LogP contribution in [0, 0.1) is 0 Å². The van der Waals surface area contributed by atoms with Crippen molar-refractivity contribution >= 4 is 5.78 Å². The largest absolute Gasteiger partial charge is 0.493 e. The molecule has 0 aromatic rings. The lowest BCUT2D eigenvalue weighted by Crippen LogP contribution is -2.02. The van der Waals surface area contributed by atoms with E-state index in [2.05, 4.69) is 0 Å². The van der Waals surface area contributed by atoms with Gasteiger partial charge in [0, 0.05) is 18.6 Å². The van der Waals surface area contributed by atoms with Gasteiger partial charge in [-0.2, -0.15) is 0 Å². The van der Waals surface area contributed by atoms with Gasteiger partial charge in [0.05, 0.1) is 6.26 Å². The first kappa shape index (κ1) is 6.29. The Hall–Kier alpha value is -0.830. The molecular weight excluding hydrogens is 120 g/mol. The first-order chi connectivity index (χ1) is 4.34. The van der Waals surface area contributed by atoms with E-state index in [9.17, 15) is 4.79 Å². The highest BCUT2D eigenvalue weighted by molar-refractivity contribution is 5.97. The van der Waals surface area contributed by atoms with Crippen LogP contribution in [0.15, 0.2) is 11.8 Å². The van der Waals surface area contributed by atoms with Gasteiger partial charge >= 0.3 is 0 Å². The Morgan fingerprint density at radius 3 is 3.00 bits per heavy atom. The van der Waals surface area contributed by atoms with E-state index in [1.54, 1.807) is 0 Å². The summed E-state index contributed by atoms with van der Waals surface area (Å²) in [6.45, 7) is 0.163. The van der Waals surface area contributed by atoms with Gasteiger partial charge in [-0.15, -0.1) is 0 Å². The monoisotopic (exact) mass is 128 g/mol. The molecule has 3 nitrogen and oxygen atoms in total. The van der Waals surface area contributed by atoms with Crippen molar-refractivity contribution in [1.29, 1.82) is 0 Å². The second-order valence-corrected chi connectivity index (χ2v) is 1.85. The summed E-state index contributed by atoms with van der Waals surface area (Å²) in [6.07, 6.45) is 1.83. The van der Waals surface area contributed by atoms with Crippen LogP contribution in [0.1, 0.15) is 6.42 Å². The number of aliphatic hydroxyl groups is 1. The summed E-state index contributed by atoms with van der Waals surface area (Å²) >= 11 is 0. The Kier molecular flexibility index (Phi) is 1.85. The summed E-state index contributed by atoms with van der Waals surface area (Å²) in [5, 5.41) is 8.40. The van der Waals surface area contributed by atoms with Crippen LogP contribution in [0.4, 0.5) is 0 Å². The average molecular weight is 128 g/mol. The van der Waals surface area contributed by atoms with Gasteiger partial charge in [-0.25, -0.2) is 0 Å². The molecule has 1 N–H and O–H groups in total. The minimum absolute atomic E-state index is 0.0101. The minimum atomic E-state index is -0.0101. The third kappa shape index (κ3) is 1.29. The van der Waals surface area contributed by atoms with E-state index >= 15 is 0 Å². The Morgan fingerprint density at radius 2 is 2.56 bits per heavy atom. The fraction of sp³-hybridized carbons (Fsp3) is 0.500. The van der Waals surface area contributed by atoms with Gasteiger partial charge in [-0.1, -0.05) is 0 Å². The van der Waals surface area contributed by atoms with Gasteiger partial charge in [0.15, 0.2) is 5.78 Å². The molecule has 0 radical (unpaired) electrons. The number of aliphatic hydroxyl groups excluding tert-OH is 1. The van der Waals surface area contributed by atoms with Crippen molar-refractivity contribution in [2.24, 2.45) is 0 Å². The molecule has 0 saturated heterocycles. The highest BCUT2D eigenvalue weighted by Gasteiger charge is 2.14. The summed E-state index contributed by atoms with van der Waals surface area (Å²) in [4.78, 5) is 10.7. The van der Waals surface area contributed by atoms with Crippen LogP contribution in [0.25, 0.3) is 0 Å². The quantitative estimate of drug-likeness (QED) is 0.562. The topological polar surface area (TPSA) is 46.5 Å². The predicted octanol–water partition coefficient (Wildman–Crippen LogP) is -0.148. The van der Waals surface area contributed by atoms with Gasteiger partial charge < -0.3 is 9.84 Å². The normalized spacial score (nSPS) is 17.4. The molecule has 0 atom stereocenters. The van der Waals surface area contributed by atoms with Crippen LogP contribution in [0.2, 0.25) is 0 Å². The molecule has 1 aliphatic rings. The van der Waals surface area contributed by atoms with Crippen LogP contribution in [0.3, 0.4) is 0 Å². The third-order valence-corrected chi connectivity index (χ3v) is 1.18. The zero-order valence-corrected chi connectivity index (χ0v) is 4.96. The van der Waals surface area contributed by atoms with Crippen molar-refractivity contribution in [2.45, 2.75) is 6.42 Å². The summed E-state index contributed by atoms with van der Waals surface area (Å²) < 4.78 is 4.70. The first-order valence-corrected chi connectivity index (χ1v) is 2.79. The molecule has 0 bridgehead atoms. The third-order valence-electron chi connectivity index (χ3n) is 1.18. The summed E-state index contributed by atoms with van der Waals surface area (Å²) in [7, 11) is 0. The predicted molar refractivity (Wildman–Crippen MR) is 30.7 cm³/mol. The molecule has 9 heavy (non-hydrogen) atoms. The molecular formula is C6H8O3. The van der Waals surface area contributed by atoms with E-state index in [1.165, 1.54) is 6.26 Å². The Morgan fingerprint density at radius 1 is 1.78 bits per heavy atom. The van der Waals surface area contributed by atoms with E-state index in [0.717, 1.165) is 0 Å². The van der Waals surface area contributed by atoms with Gasteiger partial charge in [-0.05, 0) is 0 Å². The molecule has 0 saturated carbocycles. The Bertz CT molecular complexity index is 148.